The summed E-state index contributed by atoms with van der Waals surface area (Å²) in [5.41, 5.74) is 1.40. The molecule has 2 aliphatic heterocycles. The lowest BCUT2D eigenvalue weighted by molar-refractivity contribution is -0.134. The van der Waals surface area contributed by atoms with Gasteiger partial charge in [-0.05, 0) is 24.8 Å². The molecule has 1 saturated carbocycles. The minimum Gasteiger partial charge on any atom is -0.355 e. The smallest absolute Gasteiger partial charge is 0.225 e. The van der Waals surface area contributed by atoms with Crippen molar-refractivity contribution in [3.05, 3.63) is 35.9 Å². The quantitative estimate of drug-likeness (QED) is 0.500. The van der Waals surface area contributed by atoms with Crippen molar-refractivity contribution in [2.24, 2.45) is 10.9 Å². The highest BCUT2D eigenvalue weighted by molar-refractivity contribution is 5.81. The second-order valence-electron chi connectivity index (χ2n) is 9.50. The molecule has 1 atom stereocenters. The number of carbonyl (C=O) groups excluding carboxylic acids is 1. The van der Waals surface area contributed by atoms with E-state index in [2.05, 4.69) is 60.7 Å². The molecule has 0 bridgehead atoms. The van der Waals surface area contributed by atoms with Gasteiger partial charge in [-0.25, -0.2) is 0 Å². The minimum atomic E-state index is 0.277. The Kier molecular flexibility index (Phi) is 8.40. The Labute approximate surface area is 193 Å². The van der Waals surface area contributed by atoms with Crippen LogP contribution in [0.1, 0.15) is 37.7 Å². The monoisotopic (exact) mass is 440 g/mol. The first-order valence-corrected chi connectivity index (χ1v) is 12.5. The summed E-state index contributed by atoms with van der Waals surface area (Å²) in [6.45, 7) is 9.10. The molecular weight excluding hydrogens is 400 g/mol. The third-order valence-corrected chi connectivity index (χ3v) is 7.20. The van der Waals surface area contributed by atoms with Crippen molar-refractivity contribution in [1.29, 1.82) is 0 Å². The Morgan fingerprint density at radius 3 is 2.44 bits per heavy atom. The van der Waals surface area contributed by atoms with Gasteiger partial charge in [0.25, 0.3) is 0 Å². The Hall–Kier alpha value is -2.12. The third-order valence-electron chi connectivity index (χ3n) is 7.20. The molecule has 2 heterocycles. The van der Waals surface area contributed by atoms with E-state index in [4.69, 9.17) is 0 Å². The first-order valence-electron chi connectivity index (χ1n) is 12.5. The fraction of sp³-hybridized carbons (Fsp3) is 0.680. The molecule has 1 aromatic carbocycles. The van der Waals surface area contributed by atoms with Crippen LogP contribution in [0, 0.1) is 5.92 Å². The molecule has 0 spiro atoms. The van der Waals surface area contributed by atoms with Gasteiger partial charge in [-0.1, -0.05) is 43.2 Å². The molecule has 4 rings (SSSR count). The van der Waals surface area contributed by atoms with Crippen molar-refractivity contribution in [1.82, 2.24) is 25.3 Å². The first-order chi connectivity index (χ1) is 15.7. The number of hydrogen-bond donors (Lipinski definition) is 2. The van der Waals surface area contributed by atoms with Crippen LogP contribution in [-0.4, -0.2) is 92.0 Å². The highest BCUT2D eigenvalue weighted by Crippen LogP contribution is 2.27. The minimum absolute atomic E-state index is 0.277. The molecular formula is C25H40N6O. The van der Waals surface area contributed by atoms with E-state index < -0.39 is 0 Å². The van der Waals surface area contributed by atoms with Gasteiger partial charge >= 0.3 is 0 Å². The lowest BCUT2D eigenvalue weighted by Gasteiger charge is -2.34. The molecule has 7 heteroatoms. The van der Waals surface area contributed by atoms with E-state index in [1.54, 1.807) is 0 Å². The predicted molar refractivity (Wildman–Crippen MR) is 130 cm³/mol. The van der Waals surface area contributed by atoms with Crippen LogP contribution in [0.5, 0.6) is 0 Å². The zero-order chi connectivity index (χ0) is 22.2. The highest BCUT2D eigenvalue weighted by Gasteiger charge is 2.32. The Balaban J connectivity index is 1.11. The van der Waals surface area contributed by atoms with Crippen LogP contribution in [0.3, 0.4) is 0 Å². The van der Waals surface area contributed by atoms with Crippen LogP contribution in [0.4, 0.5) is 0 Å². The number of amides is 1. The first kappa shape index (κ1) is 23.1. The molecule has 2 N–H and O–H groups in total. The predicted octanol–water partition coefficient (Wildman–Crippen LogP) is 1.76. The van der Waals surface area contributed by atoms with Gasteiger partial charge in [0.15, 0.2) is 5.96 Å². The Morgan fingerprint density at radius 2 is 1.72 bits per heavy atom. The number of carbonyl (C=O) groups is 1. The zero-order valence-corrected chi connectivity index (χ0v) is 19.6. The number of likely N-dealkylation sites (tertiary alicyclic amines) is 1. The molecule has 0 radical (unpaired) electrons. The SMILES string of the molecule is CN=C(NCCN1CCN(Cc2ccccc2)CC1)NC1CCN(C(=O)C2CCCC2)C1. The number of aliphatic imine (C=N–C) groups is 1. The third kappa shape index (κ3) is 6.45. The van der Waals surface area contributed by atoms with Gasteiger partial charge in [0, 0.05) is 77.9 Å². The molecule has 176 valence electrons. The van der Waals surface area contributed by atoms with Gasteiger partial charge in [-0.2, -0.15) is 0 Å². The van der Waals surface area contributed by atoms with E-state index in [0.29, 0.717) is 11.9 Å². The molecule has 3 aliphatic rings. The normalized spacial score (nSPS) is 23.6. The largest absolute Gasteiger partial charge is 0.355 e. The Morgan fingerprint density at radius 1 is 1.00 bits per heavy atom. The number of nitrogens with one attached hydrogen (secondary N) is 2. The van der Waals surface area contributed by atoms with Crippen molar-refractivity contribution in [2.45, 2.75) is 44.7 Å². The fourth-order valence-electron chi connectivity index (χ4n) is 5.24. The molecule has 1 aromatic rings. The van der Waals surface area contributed by atoms with Gasteiger partial charge in [0.2, 0.25) is 5.91 Å². The molecule has 1 aliphatic carbocycles. The number of guanidine groups is 1. The highest BCUT2D eigenvalue weighted by atomic mass is 16.2. The summed E-state index contributed by atoms with van der Waals surface area (Å²) in [5, 5.41) is 7.01. The number of rotatable bonds is 7. The van der Waals surface area contributed by atoms with E-state index in [1.807, 2.05) is 7.05 Å². The summed E-state index contributed by atoms with van der Waals surface area (Å²) >= 11 is 0. The summed E-state index contributed by atoms with van der Waals surface area (Å²) in [4.78, 5) is 24.2. The average molecular weight is 441 g/mol. The summed E-state index contributed by atoms with van der Waals surface area (Å²) in [5.74, 6) is 1.51. The van der Waals surface area contributed by atoms with Gasteiger partial charge in [0.1, 0.15) is 0 Å². The zero-order valence-electron chi connectivity index (χ0n) is 19.6. The van der Waals surface area contributed by atoms with E-state index in [-0.39, 0.29) is 5.92 Å². The number of hydrogen-bond acceptors (Lipinski definition) is 4. The molecule has 0 aromatic heterocycles. The average Bonchev–Trinajstić information content (AvgIpc) is 3.52. The van der Waals surface area contributed by atoms with Crippen LogP contribution >= 0.6 is 0 Å². The maximum absolute atomic E-state index is 12.7. The molecule has 7 nitrogen and oxygen atoms in total. The summed E-state index contributed by atoms with van der Waals surface area (Å²) in [7, 11) is 1.83. The van der Waals surface area contributed by atoms with E-state index in [1.165, 1.54) is 18.4 Å². The molecule has 32 heavy (non-hydrogen) atoms. The van der Waals surface area contributed by atoms with Crippen molar-refractivity contribution < 1.29 is 4.79 Å². The van der Waals surface area contributed by atoms with Crippen LogP contribution in [0.2, 0.25) is 0 Å². The van der Waals surface area contributed by atoms with Crippen molar-refractivity contribution >= 4 is 11.9 Å². The summed E-state index contributed by atoms with van der Waals surface area (Å²) in [6.07, 6.45) is 5.59. The van der Waals surface area contributed by atoms with Crippen LogP contribution in [-0.2, 0) is 11.3 Å². The van der Waals surface area contributed by atoms with Gasteiger partial charge in [-0.3, -0.25) is 19.6 Å². The van der Waals surface area contributed by atoms with Crippen LogP contribution in [0.15, 0.2) is 35.3 Å². The van der Waals surface area contributed by atoms with Gasteiger partial charge in [0.05, 0.1) is 0 Å². The molecule has 3 fully saturated rings. The van der Waals surface area contributed by atoms with Crippen LogP contribution < -0.4 is 10.6 Å². The maximum atomic E-state index is 12.7. The number of benzene rings is 1. The van der Waals surface area contributed by atoms with Crippen molar-refractivity contribution in [3.63, 3.8) is 0 Å². The lowest BCUT2D eigenvalue weighted by Crippen LogP contribution is -2.50. The summed E-state index contributed by atoms with van der Waals surface area (Å²) < 4.78 is 0. The fourth-order valence-corrected chi connectivity index (χ4v) is 5.24. The van der Waals surface area contributed by atoms with E-state index in [0.717, 1.165) is 84.1 Å². The lowest BCUT2D eigenvalue weighted by atomic mass is 10.1. The number of nitrogens with zero attached hydrogens (tertiary/aromatic N) is 4. The van der Waals surface area contributed by atoms with Crippen molar-refractivity contribution in [2.75, 3.05) is 59.4 Å². The van der Waals surface area contributed by atoms with Gasteiger partial charge in [-0.15, -0.1) is 0 Å². The topological polar surface area (TPSA) is 63.2 Å². The van der Waals surface area contributed by atoms with Crippen LogP contribution in [0.25, 0.3) is 0 Å². The molecule has 2 saturated heterocycles. The second-order valence-corrected chi connectivity index (χ2v) is 9.50. The Bertz CT molecular complexity index is 740. The summed E-state index contributed by atoms with van der Waals surface area (Å²) in [6, 6.07) is 11.0. The van der Waals surface area contributed by atoms with E-state index >= 15 is 0 Å². The second kappa shape index (κ2) is 11.7. The molecule has 1 unspecified atom stereocenters. The van der Waals surface area contributed by atoms with Gasteiger partial charge < -0.3 is 15.5 Å². The van der Waals surface area contributed by atoms with E-state index in [9.17, 15) is 4.79 Å². The standard InChI is InChI=1S/C25H40N6O/c1-26-25(28-23-11-13-31(20-23)24(32)22-9-5-6-10-22)27-12-14-29-15-17-30(18-16-29)19-21-7-3-2-4-8-21/h2-4,7-8,22-23H,5-6,9-20H2,1H3,(H2,26,27,28). The number of piperazine rings is 1. The van der Waals surface area contributed by atoms with Crippen molar-refractivity contribution in [3.8, 4) is 0 Å². The maximum Gasteiger partial charge on any atom is 0.225 e. The molecule has 1 amide bonds.